The van der Waals surface area contributed by atoms with E-state index in [1.807, 2.05) is 0 Å². The third kappa shape index (κ3) is 5.71. The number of hydrogen-bond donors (Lipinski definition) is 0. The van der Waals surface area contributed by atoms with Gasteiger partial charge in [0.15, 0.2) is 0 Å². The number of thioether (sulfide) groups is 1. The Morgan fingerprint density at radius 1 is 1.71 bits per heavy atom. The fraction of sp³-hybridized carbons (Fsp3) is 0.600. The smallest absolute Gasteiger partial charge is 0.122 e. The molecule has 40 valence electrons. The van der Waals surface area contributed by atoms with Crippen LogP contribution in [0.1, 0.15) is 6.92 Å². The Labute approximate surface area is 48.4 Å². The van der Waals surface area contributed by atoms with E-state index in [9.17, 15) is 0 Å². The van der Waals surface area contributed by atoms with Crippen molar-refractivity contribution in [3.8, 4) is 11.4 Å². The number of methoxy groups -OCH3 is 1. The lowest BCUT2D eigenvalue weighted by molar-refractivity contribution is 0.373. The fourth-order valence-corrected chi connectivity index (χ4v) is 0.430. The minimum atomic E-state index is 1.02. The fourth-order valence-electron chi connectivity index (χ4n) is 0.143. The molecule has 0 amide bonds. The van der Waals surface area contributed by atoms with Gasteiger partial charge in [-0.25, -0.2) is 0 Å². The highest BCUT2D eigenvalue weighted by Crippen LogP contribution is 1.91. The van der Waals surface area contributed by atoms with Crippen molar-refractivity contribution < 1.29 is 4.74 Å². The summed E-state index contributed by atoms with van der Waals surface area (Å²) in [5.41, 5.74) is 0. The van der Waals surface area contributed by atoms with Crippen molar-refractivity contribution >= 4 is 11.8 Å². The molecule has 0 aromatic rings. The largest absolute Gasteiger partial charge is 0.449 e. The summed E-state index contributed by atoms with van der Waals surface area (Å²) in [6.07, 6.45) is 2.46. The molecule has 0 N–H and O–H groups in total. The average molecular weight is 116 g/mol. The lowest BCUT2D eigenvalue weighted by Crippen LogP contribution is -1.63. The van der Waals surface area contributed by atoms with Gasteiger partial charge in [-0.05, 0) is 0 Å². The summed E-state index contributed by atoms with van der Waals surface area (Å²) in [6, 6.07) is 0. The first-order valence-corrected chi connectivity index (χ1v) is 3.05. The van der Waals surface area contributed by atoms with Crippen LogP contribution < -0.4 is 0 Å². The second kappa shape index (κ2) is 5.71. The van der Waals surface area contributed by atoms with Gasteiger partial charge >= 0.3 is 0 Å². The van der Waals surface area contributed by atoms with E-state index in [-0.39, 0.29) is 0 Å². The van der Waals surface area contributed by atoms with Gasteiger partial charge in [0.2, 0.25) is 0 Å². The van der Waals surface area contributed by atoms with Gasteiger partial charge in [0.25, 0.3) is 0 Å². The Bertz CT molecular complexity index is 79.8. The zero-order valence-electron chi connectivity index (χ0n) is 4.52. The van der Waals surface area contributed by atoms with Crippen LogP contribution >= 0.6 is 11.8 Å². The summed E-state index contributed by atoms with van der Waals surface area (Å²) in [7, 11) is 1.56. The third-order valence-electron chi connectivity index (χ3n) is 0.360. The number of rotatable bonds is 1. The van der Waals surface area contributed by atoms with Crippen molar-refractivity contribution in [2.24, 2.45) is 0 Å². The van der Waals surface area contributed by atoms with E-state index in [0.29, 0.717) is 0 Å². The molecule has 0 radical (unpaired) electrons. The topological polar surface area (TPSA) is 9.23 Å². The lowest BCUT2D eigenvalue weighted by Gasteiger charge is -1.76. The van der Waals surface area contributed by atoms with Crippen molar-refractivity contribution in [1.82, 2.24) is 0 Å². The van der Waals surface area contributed by atoms with Crippen molar-refractivity contribution in [2.45, 2.75) is 6.92 Å². The first-order valence-electron chi connectivity index (χ1n) is 2.06. The van der Waals surface area contributed by atoms with Gasteiger partial charge in [0.05, 0.1) is 7.11 Å². The predicted molar refractivity (Wildman–Crippen MR) is 32.9 cm³/mol. The molecule has 0 aromatic heterocycles. The Balaban J connectivity index is 2.91. The van der Waals surface area contributed by atoms with Gasteiger partial charge in [-0.2, -0.15) is 0 Å². The minimum Gasteiger partial charge on any atom is -0.449 e. The normalized spacial score (nSPS) is 6.57. The molecule has 0 aliphatic carbocycles. The summed E-state index contributed by atoms with van der Waals surface area (Å²) >= 11 is 1.55. The van der Waals surface area contributed by atoms with E-state index in [4.69, 9.17) is 0 Å². The molecule has 0 rings (SSSR count). The third-order valence-corrected chi connectivity index (χ3v) is 0.877. The van der Waals surface area contributed by atoms with Crippen LogP contribution in [0.5, 0.6) is 0 Å². The molecule has 0 bridgehead atoms. The van der Waals surface area contributed by atoms with Crippen LogP contribution in [0.4, 0.5) is 0 Å². The molecule has 0 saturated heterocycles. The van der Waals surface area contributed by atoms with Gasteiger partial charge in [-0.3, -0.25) is 0 Å². The summed E-state index contributed by atoms with van der Waals surface area (Å²) in [5, 5.41) is 2.73. The molecule has 0 fully saturated rings. The first-order chi connectivity index (χ1) is 3.41. The molecule has 0 aliphatic rings. The van der Waals surface area contributed by atoms with Gasteiger partial charge < -0.3 is 4.74 Å². The predicted octanol–water partition coefficient (Wildman–Crippen LogP) is 1.30. The van der Waals surface area contributed by atoms with E-state index in [0.717, 1.165) is 5.75 Å². The van der Waals surface area contributed by atoms with Crippen molar-refractivity contribution in [2.75, 3.05) is 12.9 Å². The summed E-state index contributed by atoms with van der Waals surface area (Å²) < 4.78 is 4.46. The van der Waals surface area contributed by atoms with Gasteiger partial charge in [-0.1, -0.05) is 18.7 Å². The maximum absolute atomic E-state index is 4.46. The Hall–Kier alpha value is -0.290. The van der Waals surface area contributed by atoms with Crippen LogP contribution in [0.2, 0.25) is 0 Å². The highest BCUT2D eigenvalue weighted by molar-refractivity contribution is 8.03. The standard InChI is InChI=1S/C5H8OS/c1-3-7-5-4-6-2/h3H2,1-2H3. The molecule has 0 heterocycles. The van der Waals surface area contributed by atoms with Gasteiger partial charge in [-0.15, -0.1) is 0 Å². The molecule has 2 heteroatoms. The molecular formula is C5H8OS. The van der Waals surface area contributed by atoms with Crippen LogP contribution in [0.25, 0.3) is 0 Å². The summed E-state index contributed by atoms with van der Waals surface area (Å²) in [4.78, 5) is 0. The van der Waals surface area contributed by atoms with E-state index >= 15 is 0 Å². The highest BCUT2D eigenvalue weighted by Gasteiger charge is 1.66. The van der Waals surface area contributed by atoms with Crippen LogP contribution in [-0.2, 0) is 4.74 Å². The molecule has 0 spiro atoms. The minimum absolute atomic E-state index is 1.02. The van der Waals surface area contributed by atoms with Gasteiger partial charge in [0.1, 0.15) is 6.11 Å². The molecule has 0 aliphatic heterocycles. The average Bonchev–Trinajstić information content (AvgIpc) is 1.69. The Morgan fingerprint density at radius 2 is 2.43 bits per heavy atom. The Morgan fingerprint density at radius 3 is 2.86 bits per heavy atom. The van der Waals surface area contributed by atoms with E-state index in [1.54, 1.807) is 18.9 Å². The zero-order chi connectivity index (χ0) is 5.54. The summed E-state index contributed by atoms with van der Waals surface area (Å²) in [6.45, 7) is 2.05. The molecule has 0 saturated carbocycles. The highest BCUT2D eigenvalue weighted by atomic mass is 32.2. The van der Waals surface area contributed by atoms with Crippen LogP contribution in [0.3, 0.4) is 0 Å². The SMILES string of the molecule is CCSC#COC. The number of ether oxygens (including phenoxy) is 1. The second-order valence-electron chi connectivity index (χ2n) is 0.841. The molecule has 0 aromatic carbocycles. The van der Waals surface area contributed by atoms with Crippen LogP contribution in [-0.4, -0.2) is 12.9 Å². The maximum Gasteiger partial charge on any atom is 0.122 e. The molecule has 7 heavy (non-hydrogen) atoms. The molecule has 0 atom stereocenters. The number of hydrogen-bond acceptors (Lipinski definition) is 2. The van der Waals surface area contributed by atoms with E-state index in [1.165, 1.54) is 0 Å². The van der Waals surface area contributed by atoms with Crippen molar-refractivity contribution in [3.63, 3.8) is 0 Å². The van der Waals surface area contributed by atoms with E-state index < -0.39 is 0 Å². The quantitative estimate of drug-likeness (QED) is 0.478. The van der Waals surface area contributed by atoms with Crippen molar-refractivity contribution in [3.05, 3.63) is 0 Å². The molecule has 1 nitrogen and oxygen atoms in total. The maximum atomic E-state index is 4.46. The van der Waals surface area contributed by atoms with Crippen molar-refractivity contribution in [1.29, 1.82) is 0 Å². The first kappa shape index (κ1) is 6.71. The van der Waals surface area contributed by atoms with Crippen LogP contribution in [0, 0.1) is 11.4 Å². The lowest BCUT2D eigenvalue weighted by atomic mass is 11.0. The van der Waals surface area contributed by atoms with Crippen LogP contribution in [0.15, 0.2) is 0 Å². The Kier molecular flexibility index (Phi) is 5.47. The summed E-state index contributed by atoms with van der Waals surface area (Å²) in [5.74, 6) is 1.02. The second-order valence-corrected chi connectivity index (χ2v) is 1.91. The van der Waals surface area contributed by atoms with Gasteiger partial charge in [0, 0.05) is 11.0 Å². The molecular weight excluding hydrogens is 108 g/mol. The zero-order valence-corrected chi connectivity index (χ0v) is 5.34. The molecule has 0 unspecified atom stereocenters. The monoisotopic (exact) mass is 116 g/mol. The van der Waals surface area contributed by atoms with E-state index in [2.05, 4.69) is 23.0 Å².